The van der Waals surface area contributed by atoms with E-state index in [1.165, 1.54) is 10.2 Å². The molecule has 32 heavy (non-hydrogen) atoms. The van der Waals surface area contributed by atoms with Gasteiger partial charge in [0.25, 0.3) is 5.91 Å². The molecule has 0 fully saturated rings. The maximum Gasteiger partial charge on any atom is 0.257 e. The highest BCUT2D eigenvalue weighted by atomic mass is 35.5. The summed E-state index contributed by atoms with van der Waals surface area (Å²) in [4.78, 5) is 12.6. The van der Waals surface area contributed by atoms with E-state index < -0.39 is 10.0 Å². The van der Waals surface area contributed by atoms with E-state index in [1.54, 1.807) is 61.7 Å². The van der Waals surface area contributed by atoms with Crippen LogP contribution in [0.2, 0.25) is 5.02 Å². The van der Waals surface area contributed by atoms with Gasteiger partial charge in [-0.25, -0.2) is 12.4 Å². The van der Waals surface area contributed by atoms with Crippen LogP contribution in [0, 0.1) is 6.92 Å². The Kier molecular flexibility index (Phi) is 5.71. The Labute approximate surface area is 191 Å². The first-order valence-electron chi connectivity index (χ1n) is 9.76. The van der Waals surface area contributed by atoms with Gasteiger partial charge < -0.3 is 10.1 Å². The second-order valence-electron chi connectivity index (χ2n) is 7.45. The van der Waals surface area contributed by atoms with Crippen LogP contribution in [-0.2, 0) is 10.0 Å². The van der Waals surface area contributed by atoms with Crippen LogP contribution in [0.15, 0.2) is 66.7 Å². The van der Waals surface area contributed by atoms with Gasteiger partial charge in [-0.3, -0.25) is 4.79 Å². The molecule has 1 N–H and O–H groups in total. The van der Waals surface area contributed by atoms with Crippen molar-refractivity contribution in [2.45, 2.75) is 6.92 Å². The number of carbonyl (C=O) groups excluding carboxylic acids is 1. The lowest BCUT2D eigenvalue weighted by atomic mass is 10.1. The monoisotopic (exact) mass is 468 g/mol. The minimum Gasteiger partial charge on any atom is -0.497 e. The molecule has 0 unspecified atom stereocenters. The van der Waals surface area contributed by atoms with Crippen molar-refractivity contribution in [3.8, 4) is 17.0 Å². The highest BCUT2D eigenvalue weighted by molar-refractivity contribution is 7.89. The van der Waals surface area contributed by atoms with Crippen molar-refractivity contribution >= 4 is 44.1 Å². The number of hydrogen-bond acceptors (Lipinski definition) is 4. The molecular weight excluding hydrogens is 448 g/mol. The van der Waals surface area contributed by atoms with Gasteiger partial charge in [-0.05, 0) is 67.1 Å². The quantitative estimate of drug-likeness (QED) is 0.429. The Morgan fingerprint density at radius 3 is 2.44 bits per heavy atom. The first kappa shape index (κ1) is 21.9. The van der Waals surface area contributed by atoms with Crippen LogP contribution >= 0.6 is 11.6 Å². The number of ether oxygens (including phenoxy) is 1. The average Bonchev–Trinajstić information content (AvgIpc) is 3.12. The van der Waals surface area contributed by atoms with Crippen molar-refractivity contribution in [1.29, 1.82) is 0 Å². The maximum atomic E-state index is 12.7. The van der Waals surface area contributed by atoms with Crippen molar-refractivity contribution in [3.63, 3.8) is 0 Å². The third kappa shape index (κ3) is 4.09. The van der Waals surface area contributed by atoms with E-state index in [-0.39, 0.29) is 5.91 Å². The summed E-state index contributed by atoms with van der Waals surface area (Å²) >= 11 is 6.12. The minimum absolute atomic E-state index is 0.344. The Balaban J connectivity index is 1.81. The number of methoxy groups -OCH3 is 1. The van der Waals surface area contributed by atoms with Crippen LogP contribution in [0.3, 0.4) is 0 Å². The molecule has 6 nitrogen and oxygen atoms in total. The number of carbonyl (C=O) groups is 1. The fourth-order valence-corrected chi connectivity index (χ4v) is 4.96. The SMILES string of the molecule is COc1ccc(-c2cc3cc(NC(=O)c4ccccc4Cl)ccc3n2S(C)(=O)=O)c(C)c1. The smallest absolute Gasteiger partial charge is 0.257 e. The molecular formula is C24H21ClN2O4S. The van der Waals surface area contributed by atoms with Gasteiger partial charge >= 0.3 is 0 Å². The van der Waals surface area contributed by atoms with Crippen molar-refractivity contribution in [2.75, 3.05) is 18.7 Å². The molecule has 0 aliphatic carbocycles. The molecule has 0 aliphatic rings. The Morgan fingerprint density at radius 2 is 1.78 bits per heavy atom. The second-order valence-corrected chi connectivity index (χ2v) is 9.68. The van der Waals surface area contributed by atoms with Crippen LogP contribution in [-0.4, -0.2) is 31.7 Å². The fraction of sp³-hybridized carbons (Fsp3) is 0.125. The summed E-state index contributed by atoms with van der Waals surface area (Å²) < 4.78 is 31.9. The lowest BCUT2D eigenvalue weighted by molar-refractivity contribution is 0.102. The molecule has 0 radical (unpaired) electrons. The van der Waals surface area contributed by atoms with E-state index in [2.05, 4.69) is 5.32 Å². The highest BCUT2D eigenvalue weighted by Crippen LogP contribution is 2.34. The van der Waals surface area contributed by atoms with Gasteiger partial charge in [0.2, 0.25) is 10.0 Å². The van der Waals surface area contributed by atoms with Crippen molar-refractivity contribution in [1.82, 2.24) is 3.97 Å². The number of hydrogen-bond donors (Lipinski definition) is 1. The average molecular weight is 469 g/mol. The minimum atomic E-state index is -3.60. The molecule has 4 rings (SSSR count). The van der Waals surface area contributed by atoms with Crippen molar-refractivity contribution in [3.05, 3.63) is 82.9 Å². The van der Waals surface area contributed by atoms with Gasteiger partial charge in [0.05, 0.1) is 35.2 Å². The van der Waals surface area contributed by atoms with Crippen LogP contribution in [0.5, 0.6) is 5.75 Å². The first-order valence-corrected chi connectivity index (χ1v) is 12.0. The standard InChI is InChI=1S/C24H21ClN2O4S/c1-15-12-18(31-2)9-10-19(15)23-14-16-13-17(8-11-22(16)27(23)32(3,29)30)26-24(28)20-6-4-5-7-21(20)25/h4-14H,1-3H3,(H,26,28). The molecule has 4 aromatic rings. The Bertz CT molecular complexity index is 1460. The third-order valence-electron chi connectivity index (χ3n) is 5.17. The molecule has 0 spiro atoms. The largest absolute Gasteiger partial charge is 0.497 e. The van der Waals surface area contributed by atoms with Gasteiger partial charge in [0, 0.05) is 16.6 Å². The van der Waals surface area contributed by atoms with Crippen LogP contribution in [0.4, 0.5) is 5.69 Å². The van der Waals surface area contributed by atoms with E-state index in [1.807, 2.05) is 19.1 Å². The summed E-state index contributed by atoms with van der Waals surface area (Å²) in [5.41, 5.74) is 3.60. The fourth-order valence-electron chi connectivity index (χ4n) is 3.71. The second kappa shape index (κ2) is 8.33. The zero-order valence-corrected chi connectivity index (χ0v) is 19.3. The van der Waals surface area contributed by atoms with E-state index >= 15 is 0 Å². The topological polar surface area (TPSA) is 77.4 Å². The summed E-state index contributed by atoms with van der Waals surface area (Å²) in [5.74, 6) is 0.349. The van der Waals surface area contributed by atoms with E-state index in [9.17, 15) is 13.2 Å². The molecule has 1 amide bonds. The molecule has 0 bridgehead atoms. The number of rotatable bonds is 5. The molecule has 0 saturated heterocycles. The molecule has 8 heteroatoms. The van der Waals surface area contributed by atoms with Gasteiger partial charge in [0.15, 0.2) is 0 Å². The number of nitrogens with zero attached hydrogens (tertiary/aromatic N) is 1. The molecule has 1 heterocycles. The Hall–Kier alpha value is -3.29. The van der Waals surface area contributed by atoms with E-state index in [4.69, 9.17) is 16.3 Å². The maximum absolute atomic E-state index is 12.7. The highest BCUT2D eigenvalue weighted by Gasteiger charge is 2.20. The number of aromatic nitrogens is 1. The normalized spacial score (nSPS) is 11.5. The molecule has 0 aliphatic heterocycles. The van der Waals surface area contributed by atoms with E-state index in [0.29, 0.717) is 38.6 Å². The zero-order chi connectivity index (χ0) is 23.0. The van der Waals surface area contributed by atoms with Crippen LogP contribution < -0.4 is 10.1 Å². The molecule has 1 aromatic heterocycles. The third-order valence-corrected chi connectivity index (χ3v) is 6.56. The number of anilines is 1. The predicted molar refractivity (Wildman–Crippen MR) is 128 cm³/mol. The van der Waals surface area contributed by atoms with Crippen molar-refractivity contribution in [2.24, 2.45) is 0 Å². The van der Waals surface area contributed by atoms with Gasteiger partial charge in [-0.15, -0.1) is 0 Å². The molecule has 164 valence electrons. The van der Waals surface area contributed by atoms with Crippen LogP contribution in [0.1, 0.15) is 15.9 Å². The number of amides is 1. The number of halogens is 1. The van der Waals surface area contributed by atoms with Gasteiger partial charge in [0.1, 0.15) is 5.75 Å². The number of fused-ring (bicyclic) bond motifs is 1. The lowest BCUT2D eigenvalue weighted by Crippen LogP contribution is -2.13. The molecule has 3 aromatic carbocycles. The van der Waals surface area contributed by atoms with Gasteiger partial charge in [-0.2, -0.15) is 0 Å². The zero-order valence-electron chi connectivity index (χ0n) is 17.7. The summed E-state index contributed by atoms with van der Waals surface area (Å²) in [6.07, 6.45) is 1.17. The van der Waals surface area contributed by atoms with E-state index in [0.717, 1.165) is 11.1 Å². The summed E-state index contributed by atoms with van der Waals surface area (Å²) in [6, 6.07) is 19.2. The number of aryl methyl sites for hydroxylation is 1. The molecule has 0 atom stereocenters. The number of benzene rings is 3. The predicted octanol–water partition coefficient (Wildman–Crippen LogP) is 5.34. The first-order chi connectivity index (χ1) is 15.2. The van der Waals surface area contributed by atoms with Crippen molar-refractivity contribution < 1.29 is 17.9 Å². The summed E-state index contributed by atoms with van der Waals surface area (Å²) in [6.45, 7) is 1.90. The summed E-state index contributed by atoms with van der Waals surface area (Å²) in [7, 11) is -2.02. The molecule has 0 saturated carbocycles. The van der Waals surface area contributed by atoms with Crippen LogP contribution in [0.25, 0.3) is 22.2 Å². The summed E-state index contributed by atoms with van der Waals surface area (Å²) in [5, 5.41) is 3.86. The van der Waals surface area contributed by atoms with Gasteiger partial charge in [-0.1, -0.05) is 23.7 Å². The number of nitrogens with one attached hydrogen (secondary N) is 1. The lowest BCUT2D eigenvalue weighted by Gasteiger charge is -2.12. The Morgan fingerprint density at radius 1 is 1.03 bits per heavy atom.